The van der Waals surface area contributed by atoms with Crippen LogP contribution in [-0.2, 0) is 9.59 Å². The van der Waals surface area contributed by atoms with Crippen LogP contribution in [0, 0.1) is 0 Å². The first-order valence-corrected chi connectivity index (χ1v) is 21.1. The molecule has 0 aromatic heterocycles. The summed E-state index contributed by atoms with van der Waals surface area (Å²) in [6.07, 6.45) is 45.6. The normalized spacial score (nSPS) is 11.8. The van der Waals surface area contributed by atoms with Crippen LogP contribution in [0.3, 0.4) is 0 Å². The number of carbonyl (C=O) groups excluding carboxylic acids is 2. The summed E-state index contributed by atoms with van der Waals surface area (Å²) in [6, 6.07) is 0. The van der Waals surface area contributed by atoms with Crippen molar-refractivity contribution in [1.82, 2.24) is 10.2 Å². The van der Waals surface area contributed by atoms with Gasteiger partial charge < -0.3 is 16.0 Å². The summed E-state index contributed by atoms with van der Waals surface area (Å²) < 4.78 is 0. The van der Waals surface area contributed by atoms with Crippen LogP contribution in [0.25, 0.3) is 0 Å². The molecule has 0 fully saturated rings. The van der Waals surface area contributed by atoms with Crippen molar-refractivity contribution >= 4 is 11.7 Å². The van der Waals surface area contributed by atoms with E-state index in [1.165, 1.54) is 148 Å². The van der Waals surface area contributed by atoms with Gasteiger partial charge >= 0.3 is 0 Å². The van der Waals surface area contributed by atoms with E-state index in [9.17, 15) is 9.59 Å². The molecule has 0 aliphatic heterocycles. The van der Waals surface area contributed by atoms with Crippen LogP contribution >= 0.6 is 0 Å². The second kappa shape index (κ2) is 40.0. The first kappa shape index (κ1) is 46.5. The van der Waals surface area contributed by atoms with Crippen LogP contribution in [0.5, 0.6) is 0 Å². The summed E-state index contributed by atoms with van der Waals surface area (Å²) in [6.45, 7) is 8.30. The number of nitrogens with two attached hydrogens (primary N) is 1. The van der Waals surface area contributed by atoms with Gasteiger partial charge in [0.1, 0.15) is 5.78 Å². The molecule has 0 saturated heterocycles. The van der Waals surface area contributed by atoms with Crippen molar-refractivity contribution in [2.75, 3.05) is 32.7 Å². The van der Waals surface area contributed by atoms with E-state index in [-0.39, 0.29) is 5.91 Å². The lowest BCUT2D eigenvalue weighted by molar-refractivity contribution is -0.121. The topological polar surface area (TPSA) is 75.4 Å². The number of amides is 1. The maximum Gasteiger partial charge on any atom is 0.220 e. The first-order chi connectivity index (χ1) is 23.6. The lowest BCUT2D eigenvalue weighted by Crippen LogP contribution is -2.38. The van der Waals surface area contributed by atoms with E-state index in [1.807, 2.05) is 0 Å². The average molecular weight is 674 g/mol. The Hall–Kier alpha value is -1.46. The Morgan fingerprint density at radius 2 is 0.875 bits per heavy atom. The van der Waals surface area contributed by atoms with E-state index in [4.69, 9.17) is 5.73 Å². The third kappa shape index (κ3) is 37.4. The SMILES string of the molecule is CCCCCCCC/C=C\CCCCCCCC(=O)CCCN(CCN)CCNC(=O)CCCCCCC/C=C\CCCCCCCC. The lowest BCUT2D eigenvalue weighted by Gasteiger charge is -2.21. The summed E-state index contributed by atoms with van der Waals surface area (Å²) in [4.78, 5) is 27.0. The van der Waals surface area contributed by atoms with Crippen molar-refractivity contribution in [2.45, 2.75) is 206 Å². The molecule has 0 rings (SSSR count). The lowest BCUT2D eigenvalue weighted by atomic mass is 10.0. The summed E-state index contributed by atoms with van der Waals surface area (Å²) in [5, 5.41) is 3.09. The van der Waals surface area contributed by atoms with Crippen molar-refractivity contribution < 1.29 is 9.59 Å². The zero-order valence-electron chi connectivity index (χ0n) is 32.4. The largest absolute Gasteiger partial charge is 0.355 e. The predicted molar refractivity (Wildman–Crippen MR) is 212 cm³/mol. The zero-order chi connectivity index (χ0) is 35.0. The highest BCUT2D eigenvalue weighted by Crippen LogP contribution is 2.12. The van der Waals surface area contributed by atoms with Gasteiger partial charge in [0, 0.05) is 45.4 Å². The van der Waals surface area contributed by atoms with Gasteiger partial charge in [0.15, 0.2) is 0 Å². The molecule has 0 heterocycles. The summed E-state index contributed by atoms with van der Waals surface area (Å²) >= 11 is 0. The van der Waals surface area contributed by atoms with Crippen LogP contribution in [0.2, 0.25) is 0 Å². The first-order valence-electron chi connectivity index (χ1n) is 21.1. The van der Waals surface area contributed by atoms with Crippen LogP contribution in [0.1, 0.15) is 206 Å². The van der Waals surface area contributed by atoms with Gasteiger partial charge in [0.2, 0.25) is 5.91 Å². The molecule has 0 bridgehead atoms. The van der Waals surface area contributed by atoms with E-state index in [1.54, 1.807) is 0 Å². The van der Waals surface area contributed by atoms with Crippen LogP contribution in [0.15, 0.2) is 24.3 Å². The minimum atomic E-state index is 0.162. The van der Waals surface area contributed by atoms with Gasteiger partial charge in [-0.05, 0) is 77.2 Å². The quantitative estimate of drug-likeness (QED) is 0.0503. The fourth-order valence-corrected chi connectivity index (χ4v) is 6.33. The number of hydrogen-bond acceptors (Lipinski definition) is 4. The van der Waals surface area contributed by atoms with Crippen molar-refractivity contribution in [3.05, 3.63) is 24.3 Å². The minimum Gasteiger partial charge on any atom is -0.355 e. The molecular formula is C43H83N3O2. The Labute approximate surface area is 300 Å². The van der Waals surface area contributed by atoms with Gasteiger partial charge in [-0.3, -0.25) is 9.59 Å². The number of hydrogen-bond donors (Lipinski definition) is 2. The minimum absolute atomic E-state index is 0.162. The Morgan fingerprint density at radius 1 is 0.479 bits per heavy atom. The Kier molecular flexibility index (Phi) is 38.8. The monoisotopic (exact) mass is 674 g/mol. The molecule has 0 saturated carbocycles. The molecular weight excluding hydrogens is 590 g/mol. The zero-order valence-corrected chi connectivity index (χ0v) is 32.4. The molecule has 0 aliphatic rings. The van der Waals surface area contributed by atoms with E-state index in [2.05, 4.69) is 48.4 Å². The number of nitrogens with one attached hydrogen (secondary N) is 1. The van der Waals surface area contributed by atoms with Crippen molar-refractivity contribution in [1.29, 1.82) is 0 Å². The van der Waals surface area contributed by atoms with E-state index in [0.717, 1.165) is 51.7 Å². The predicted octanol–water partition coefficient (Wildman–Crippen LogP) is 11.8. The second-order valence-electron chi connectivity index (χ2n) is 14.3. The summed E-state index contributed by atoms with van der Waals surface area (Å²) in [5.41, 5.74) is 5.83. The third-order valence-electron chi connectivity index (χ3n) is 9.51. The molecule has 48 heavy (non-hydrogen) atoms. The Morgan fingerprint density at radius 3 is 1.33 bits per heavy atom. The Balaban J connectivity index is 3.63. The van der Waals surface area contributed by atoms with Crippen molar-refractivity contribution in [2.24, 2.45) is 5.73 Å². The number of ketones is 1. The summed E-state index contributed by atoms with van der Waals surface area (Å²) in [7, 11) is 0. The van der Waals surface area contributed by atoms with E-state index < -0.39 is 0 Å². The maximum absolute atomic E-state index is 12.4. The molecule has 0 aliphatic carbocycles. The molecule has 1 amide bonds. The molecule has 0 aromatic rings. The third-order valence-corrected chi connectivity index (χ3v) is 9.51. The van der Waals surface area contributed by atoms with Gasteiger partial charge in [-0.2, -0.15) is 0 Å². The maximum atomic E-state index is 12.4. The smallest absolute Gasteiger partial charge is 0.220 e. The standard InChI is InChI=1S/C43H83N3O2/c1-3-5-7-9-11-13-15-17-19-21-23-25-27-29-31-34-42(47)35-33-39-46(40-37-44)41-38-45-43(48)36-32-30-28-26-24-22-20-18-16-14-12-10-8-6-4-2/h17-20H,3-16,21-41,44H2,1-2H3,(H,45,48)/b19-17-,20-18-. The molecule has 0 spiro atoms. The van der Waals surface area contributed by atoms with E-state index >= 15 is 0 Å². The number of rotatable bonds is 39. The average Bonchev–Trinajstić information content (AvgIpc) is 3.08. The number of nitrogens with zero attached hydrogens (tertiary/aromatic N) is 1. The van der Waals surface area contributed by atoms with Crippen molar-refractivity contribution in [3.8, 4) is 0 Å². The van der Waals surface area contributed by atoms with Gasteiger partial charge in [-0.15, -0.1) is 0 Å². The van der Waals surface area contributed by atoms with Crippen molar-refractivity contribution in [3.63, 3.8) is 0 Å². The van der Waals surface area contributed by atoms with Crippen LogP contribution in [0.4, 0.5) is 0 Å². The number of unbranched alkanes of at least 4 members (excludes halogenated alkanes) is 22. The van der Waals surface area contributed by atoms with Gasteiger partial charge in [-0.1, -0.05) is 141 Å². The molecule has 5 heteroatoms. The molecule has 0 radical (unpaired) electrons. The van der Waals surface area contributed by atoms with Gasteiger partial charge in [0.05, 0.1) is 0 Å². The highest BCUT2D eigenvalue weighted by atomic mass is 16.1. The number of carbonyl (C=O) groups is 2. The highest BCUT2D eigenvalue weighted by Gasteiger charge is 2.08. The second-order valence-corrected chi connectivity index (χ2v) is 14.3. The van der Waals surface area contributed by atoms with Crippen LogP contribution in [-0.4, -0.2) is 49.3 Å². The molecule has 3 N–H and O–H groups in total. The molecule has 0 aromatic carbocycles. The molecule has 5 nitrogen and oxygen atoms in total. The fraction of sp³-hybridized carbons (Fsp3) is 0.860. The van der Waals surface area contributed by atoms with E-state index in [0.29, 0.717) is 31.7 Å². The highest BCUT2D eigenvalue weighted by molar-refractivity contribution is 5.78. The fourth-order valence-electron chi connectivity index (χ4n) is 6.33. The Bertz CT molecular complexity index is 678. The van der Waals surface area contributed by atoms with Gasteiger partial charge in [0.25, 0.3) is 0 Å². The van der Waals surface area contributed by atoms with Crippen LogP contribution < -0.4 is 11.1 Å². The molecule has 0 atom stereocenters. The molecule has 0 unspecified atom stereocenters. The summed E-state index contributed by atoms with van der Waals surface area (Å²) in [5.74, 6) is 0.559. The number of allylic oxidation sites excluding steroid dienone is 4. The molecule has 282 valence electrons. The van der Waals surface area contributed by atoms with Gasteiger partial charge in [-0.25, -0.2) is 0 Å². The number of Topliss-reactive ketones (excluding diaryl/α,β-unsaturated/α-hetero) is 1.